The van der Waals surface area contributed by atoms with E-state index in [2.05, 4.69) is 4.74 Å². The maximum atomic E-state index is 11.7. The number of hydrogen-bond donors (Lipinski definition) is 0. The van der Waals surface area contributed by atoms with Crippen molar-refractivity contribution >= 4 is 69.0 Å². The van der Waals surface area contributed by atoms with Gasteiger partial charge in [-0.2, -0.15) is 13.2 Å². The Bertz CT molecular complexity index is 356. The minimum atomic E-state index is -5.02. The van der Waals surface area contributed by atoms with Gasteiger partial charge in [-0.3, -0.25) is 10.7 Å². The first-order chi connectivity index (χ1) is 6.82. The van der Waals surface area contributed by atoms with E-state index in [1.807, 2.05) is 0 Å². The summed E-state index contributed by atoms with van der Waals surface area (Å²) in [4.78, 5) is 21.0. The number of carbonyl (C=O) groups excluding carboxylic acids is 2. The maximum absolute atomic E-state index is 11.7. The molecule has 0 aliphatic heterocycles. The van der Waals surface area contributed by atoms with Crippen molar-refractivity contribution < 1.29 is 27.5 Å². The third kappa shape index (κ3) is 6.36. The zero-order valence-corrected chi connectivity index (χ0v) is 11.6. The first-order valence-electron chi connectivity index (χ1n) is 3.47. The second-order valence-corrected chi connectivity index (χ2v) is 2.21. The van der Waals surface area contributed by atoms with Crippen molar-refractivity contribution in [2.75, 3.05) is 7.11 Å². The number of alkyl halides is 3. The molecule has 8 heteroatoms. The van der Waals surface area contributed by atoms with Gasteiger partial charge in [-0.15, -0.1) is 0 Å². The van der Waals surface area contributed by atoms with Crippen molar-refractivity contribution in [1.29, 1.82) is 0 Å². The van der Waals surface area contributed by atoms with Crippen LogP contribution in [-0.2, 0) is 14.3 Å². The second-order valence-electron chi connectivity index (χ2n) is 2.21. The van der Waals surface area contributed by atoms with Crippen molar-refractivity contribution in [3.8, 4) is 0 Å². The predicted molar refractivity (Wildman–Crippen MR) is 49.9 cm³/mol. The van der Waals surface area contributed by atoms with Crippen LogP contribution in [0.25, 0.3) is 5.41 Å². The van der Waals surface area contributed by atoms with Gasteiger partial charge in [0.05, 0.1) is 12.7 Å². The molecule has 0 heterocycles. The average molecular weight is 259 g/mol. The molecular weight excluding hydrogens is 254 g/mol. The first-order valence-corrected chi connectivity index (χ1v) is 3.47. The molecule has 16 heavy (non-hydrogen) atoms. The number of halogens is 3. The summed E-state index contributed by atoms with van der Waals surface area (Å²) in [5, 5.41) is 8.31. The smallest absolute Gasteiger partial charge is 0.454 e. The van der Waals surface area contributed by atoms with Crippen LogP contribution in [0.5, 0.6) is 0 Å². The van der Waals surface area contributed by atoms with Gasteiger partial charge in [-0.25, -0.2) is 4.79 Å². The largest absolute Gasteiger partial charge is 0.763 e. The molecule has 83 valence electrons. The summed E-state index contributed by atoms with van der Waals surface area (Å²) >= 11 is 0. The van der Waals surface area contributed by atoms with Gasteiger partial charge in [0.1, 0.15) is 0 Å². The van der Waals surface area contributed by atoms with Crippen LogP contribution < -0.4 is 0 Å². The molecule has 0 atom stereocenters. The predicted octanol–water partition coefficient (Wildman–Crippen LogP) is 0.632. The summed E-state index contributed by atoms with van der Waals surface area (Å²) < 4.78 is 39.1. The van der Waals surface area contributed by atoms with Crippen LogP contribution in [0.2, 0.25) is 0 Å². The topological polar surface area (TPSA) is 65.7 Å². The van der Waals surface area contributed by atoms with Crippen molar-refractivity contribution in [3.05, 3.63) is 23.1 Å². The van der Waals surface area contributed by atoms with Crippen LogP contribution in [0.4, 0.5) is 13.2 Å². The molecule has 0 aromatic rings. The van der Waals surface area contributed by atoms with Crippen LogP contribution in [0.1, 0.15) is 0 Å². The van der Waals surface area contributed by atoms with Gasteiger partial charge in [-0.05, 0) is 12.2 Å². The van der Waals surface area contributed by atoms with E-state index in [4.69, 9.17) is 5.41 Å². The molecule has 0 saturated carbocycles. The molecule has 0 saturated heterocycles. The molecule has 0 spiro atoms. The number of ketones is 1. The molecule has 0 bridgehead atoms. The molecule has 4 nitrogen and oxygen atoms in total. The minimum Gasteiger partial charge on any atom is -0.763 e. The van der Waals surface area contributed by atoms with E-state index >= 15 is 0 Å². The van der Waals surface area contributed by atoms with Crippen LogP contribution in [0.3, 0.4) is 0 Å². The van der Waals surface area contributed by atoms with Gasteiger partial charge in [-0.1, -0.05) is 0 Å². The molecule has 0 rings (SSSR count). The summed E-state index contributed by atoms with van der Waals surface area (Å²) in [5.74, 6) is -1.97. The van der Waals surface area contributed by atoms with E-state index in [9.17, 15) is 22.8 Å². The Morgan fingerprint density at radius 1 is 1.31 bits per heavy atom. The third-order valence-electron chi connectivity index (χ3n) is 1.21. The van der Waals surface area contributed by atoms with E-state index in [1.54, 1.807) is 0 Å². The summed E-state index contributed by atoms with van der Waals surface area (Å²) in [6, 6.07) is 0. The summed E-state index contributed by atoms with van der Waals surface area (Å²) in [7, 11) is 0.957. The molecule has 1 radical (unpaired) electrons. The summed E-state index contributed by atoms with van der Waals surface area (Å²) in [5.41, 5.74) is -0.685. The molecule has 0 amide bonds. The Morgan fingerprint density at radius 3 is 2.12 bits per heavy atom. The molecule has 0 aliphatic carbocycles. The number of esters is 1. The zero-order chi connectivity index (χ0) is 12.1. The number of nitrogens with zero attached hydrogens (tertiary/aromatic N) is 1. The fraction of sp³-hybridized carbons (Fsp3) is 0.250. The van der Waals surface area contributed by atoms with Crippen LogP contribution in [-0.4, -0.2) is 82.3 Å². The number of rotatable bonds is 3. The van der Waals surface area contributed by atoms with Gasteiger partial charge < -0.3 is 10.1 Å². The van der Waals surface area contributed by atoms with E-state index < -0.39 is 23.5 Å². The van der Waals surface area contributed by atoms with Gasteiger partial charge in [0, 0.05) is 51.4 Å². The van der Waals surface area contributed by atoms with Crippen molar-refractivity contribution in [3.63, 3.8) is 0 Å². The maximum Gasteiger partial charge on any atom is 0.454 e. The standard InChI is InChI=1S/C8H5F3NO3.K/c1-15-7(14)5(4-12)2-3-6(13)8(9,10)11;/h2-3H,1H3;/q-1;. The molecular formula is C8H5F3KNO3-. The monoisotopic (exact) mass is 259 g/mol. The van der Waals surface area contributed by atoms with E-state index in [-0.39, 0.29) is 57.5 Å². The molecule has 0 N–H and O–H groups in total. The van der Waals surface area contributed by atoms with E-state index in [0.717, 1.165) is 7.11 Å². The fourth-order valence-corrected chi connectivity index (χ4v) is 0.514. The Hall–Kier alpha value is -0.244. The van der Waals surface area contributed by atoms with E-state index in [0.29, 0.717) is 6.08 Å². The quantitative estimate of drug-likeness (QED) is 0.245. The van der Waals surface area contributed by atoms with Crippen LogP contribution >= 0.6 is 0 Å². The fourth-order valence-electron chi connectivity index (χ4n) is 0.514. The Morgan fingerprint density at radius 2 is 1.81 bits per heavy atom. The molecule has 0 aromatic carbocycles. The average Bonchev–Trinajstić information content (AvgIpc) is 2.16. The van der Waals surface area contributed by atoms with Crippen molar-refractivity contribution in [2.24, 2.45) is 0 Å². The molecule has 0 aliphatic rings. The van der Waals surface area contributed by atoms with Crippen LogP contribution in [0, 0.1) is 0 Å². The summed E-state index contributed by atoms with van der Waals surface area (Å²) in [6.45, 7) is 0. The minimum absolute atomic E-state index is 0. The molecule has 0 unspecified atom stereocenters. The number of methoxy groups -OCH3 is 1. The number of carbonyl (C=O) groups is 2. The first kappa shape index (κ1) is 18.1. The van der Waals surface area contributed by atoms with Crippen molar-refractivity contribution in [2.45, 2.75) is 6.18 Å². The number of allylic oxidation sites excluding steroid dienone is 1. The van der Waals surface area contributed by atoms with Gasteiger partial charge >= 0.3 is 12.1 Å². The Labute approximate surface area is 131 Å². The van der Waals surface area contributed by atoms with E-state index in [1.165, 1.54) is 5.87 Å². The zero-order valence-electron chi connectivity index (χ0n) is 8.46. The van der Waals surface area contributed by atoms with Crippen molar-refractivity contribution in [1.82, 2.24) is 0 Å². The van der Waals surface area contributed by atoms with Gasteiger partial charge in [0.15, 0.2) is 0 Å². The van der Waals surface area contributed by atoms with Gasteiger partial charge in [0.2, 0.25) is 0 Å². The number of ether oxygens (including phenoxy) is 1. The normalized spacial score (nSPS) is 10.2. The Kier molecular flexibility index (Phi) is 8.99. The second kappa shape index (κ2) is 7.94. The molecule has 0 fully saturated rings. The molecule has 0 aromatic heterocycles. The number of hydrogen-bond acceptors (Lipinski definition) is 3. The SMILES string of the molecule is COC(=O)C(=C=[N-])C=CC(=O)C(F)(F)F.[K]. The third-order valence-corrected chi connectivity index (χ3v) is 1.21. The summed E-state index contributed by atoms with van der Waals surface area (Å²) in [6.07, 6.45) is -4.47. The van der Waals surface area contributed by atoms with Gasteiger partial charge in [0.25, 0.3) is 5.78 Å². The Balaban J connectivity index is 0. The van der Waals surface area contributed by atoms with Crippen LogP contribution in [0.15, 0.2) is 17.7 Å².